The van der Waals surface area contributed by atoms with Gasteiger partial charge in [0.25, 0.3) is 5.88 Å². The molecule has 0 aliphatic rings. The standard InChI is InChI=1S/C25H27ClFN3O6/c1-15(2)13-35-24(33)25(3,34)14-30(28-23(32)21-11-22(31)29-36-21)12-16-4-6-17(7-5-16)19-10-18(26)8-9-20(19)27/h4-11,15,34H,12-14H2,1-3H3,(H,28,32)(H,29,31). The molecule has 0 aliphatic carbocycles. The number of carbonyl (C=O) groups excluding carboxylic acids is 2. The van der Waals surface area contributed by atoms with Gasteiger partial charge in [0.15, 0.2) is 5.60 Å². The summed E-state index contributed by atoms with van der Waals surface area (Å²) >= 11 is 5.99. The zero-order valence-corrected chi connectivity index (χ0v) is 20.8. The van der Waals surface area contributed by atoms with Crippen LogP contribution in [0.3, 0.4) is 0 Å². The number of carbonyl (C=O) groups is 2. The lowest BCUT2D eigenvalue weighted by Crippen LogP contribution is -2.53. The van der Waals surface area contributed by atoms with E-state index in [0.29, 0.717) is 21.7 Å². The monoisotopic (exact) mass is 519 g/mol. The zero-order valence-electron chi connectivity index (χ0n) is 20.0. The number of hydrazine groups is 1. The maximum absolute atomic E-state index is 14.2. The maximum Gasteiger partial charge on any atom is 0.339 e. The van der Waals surface area contributed by atoms with Crippen LogP contribution in [0.25, 0.3) is 11.1 Å². The largest absolute Gasteiger partial charge is 0.491 e. The Bertz CT molecular complexity index is 1210. The van der Waals surface area contributed by atoms with E-state index in [9.17, 15) is 24.2 Å². The number of aromatic hydroxyl groups is 1. The van der Waals surface area contributed by atoms with E-state index >= 15 is 0 Å². The van der Waals surface area contributed by atoms with E-state index in [1.54, 1.807) is 24.3 Å². The van der Waals surface area contributed by atoms with Crippen molar-refractivity contribution in [3.8, 4) is 17.0 Å². The van der Waals surface area contributed by atoms with Gasteiger partial charge >= 0.3 is 11.9 Å². The molecule has 11 heteroatoms. The number of halogens is 2. The second-order valence-corrected chi connectivity index (χ2v) is 9.37. The molecule has 2 aromatic carbocycles. The van der Waals surface area contributed by atoms with Crippen LogP contribution in [0.1, 0.15) is 36.9 Å². The minimum absolute atomic E-state index is 0.0534. The van der Waals surface area contributed by atoms with Crippen LogP contribution < -0.4 is 5.43 Å². The Hall–Kier alpha value is -3.47. The van der Waals surface area contributed by atoms with E-state index in [0.717, 1.165) is 6.07 Å². The van der Waals surface area contributed by atoms with Crippen LogP contribution in [0.2, 0.25) is 5.02 Å². The van der Waals surface area contributed by atoms with E-state index in [1.165, 1.54) is 30.1 Å². The molecular formula is C25H27ClFN3O6. The Morgan fingerprint density at radius 1 is 1.22 bits per heavy atom. The molecular weight excluding hydrogens is 493 g/mol. The minimum atomic E-state index is -1.96. The number of aliphatic hydroxyl groups is 1. The molecule has 0 fully saturated rings. The third-order valence-corrected chi connectivity index (χ3v) is 5.27. The summed E-state index contributed by atoms with van der Waals surface area (Å²) in [5, 5.41) is 25.1. The summed E-state index contributed by atoms with van der Waals surface area (Å²) in [4.78, 5) is 25.0. The van der Waals surface area contributed by atoms with Crippen LogP contribution in [0.4, 0.5) is 4.39 Å². The van der Waals surface area contributed by atoms with Crippen molar-refractivity contribution in [3.05, 3.63) is 70.7 Å². The average molecular weight is 520 g/mol. The summed E-state index contributed by atoms with van der Waals surface area (Å²) in [6.45, 7) is 4.85. The van der Waals surface area contributed by atoms with Crippen LogP contribution in [0.15, 0.2) is 53.1 Å². The summed E-state index contributed by atoms with van der Waals surface area (Å²) in [6.07, 6.45) is 0. The smallest absolute Gasteiger partial charge is 0.339 e. The van der Waals surface area contributed by atoms with Crippen LogP contribution >= 0.6 is 11.6 Å². The van der Waals surface area contributed by atoms with Crippen molar-refractivity contribution < 1.29 is 33.5 Å². The Labute approximate surface area is 212 Å². The molecule has 1 aromatic heterocycles. The highest BCUT2D eigenvalue weighted by Gasteiger charge is 2.35. The Kier molecular flexibility index (Phi) is 8.67. The molecule has 36 heavy (non-hydrogen) atoms. The third-order valence-electron chi connectivity index (χ3n) is 5.03. The van der Waals surface area contributed by atoms with Gasteiger partial charge in [0.05, 0.1) is 19.2 Å². The second kappa shape index (κ2) is 11.5. The molecule has 3 N–H and O–H groups in total. The number of ether oxygens (including phenoxy) is 1. The lowest BCUT2D eigenvalue weighted by molar-refractivity contribution is -0.167. The molecule has 0 radical (unpaired) electrons. The fraction of sp³-hybridized carbons (Fsp3) is 0.320. The highest BCUT2D eigenvalue weighted by atomic mass is 35.5. The SMILES string of the molecule is CC(C)COC(=O)C(C)(O)CN(Cc1ccc(-c2cc(Cl)ccc2F)cc1)NC(=O)c1cc(O)no1. The van der Waals surface area contributed by atoms with Gasteiger partial charge in [-0.05, 0) is 47.3 Å². The Morgan fingerprint density at radius 3 is 2.53 bits per heavy atom. The first-order valence-corrected chi connectivity index (χ1v) is 11.5. The number of hydrogen-bond donors (Lipinski definition) is 3. The number of benzene rings is 2. The normalized spacial score (nSPS) is 13.0. The van der Waals surface area contributed by atoms with Gasteiger partial charge in [-0.1, -0.05) is 49.7 Å². The summed E-state index contributed by atoms with van der Waals surface area (Å²) < 4.78 is 24.2. The fourth-order valence-corrected chi connectivity index (χ4v) is 3.44. The van der Waals surface area contributed by atoms with Crippen molar-refractivity contribution >= 4 is 23.5 Å². The van der Waals surface area contributed by atoms with E-state index < -0.39 is 29.2 Å². The molecule has 3 rings (SSSR count). The lowest BCUT2D eigenvalue weighted by Gasteiger charge is -2.30. The first-order valence-electron chi connectivity index (χ1n) is 11.1. The van der Waals surface area contributed by atoms with E-state index in [-0.39, 0.29) is 31.4 Å². The molecule has 0 saturated heterocycles. The fourth-order valence-electron chi connectivity index (χ4n) is 3.27. The number of amides is 1. The topological polar surface area (TPSA) is 125 Å². The molecule has 1 atom stereocenters. The van der Waals surface area contributed by atoms with Crippen LogP contribution in [0.5, 0.6) is 5.88 Å². The summed E-state index contributed by atoms with van der Waals surface area (Å²) in [7, 11) is 0. The first-order chi connectivity index (χ1) is 16.9. The number of rotatable bonds is 10. The van der Waals surface area contributed by atoms with Crippen molar-refractivity contribution in [1.82, 2.24) is 15.6 Å². The van der Waals surface area contributed by atoms with Gasteiger partial charge in [-0.2, -0.15) is 0 Å². The molecule has 9 nitrogen and oxygen atoms in total. The number of aromatic nitrogens is 1. The molecule has 0 bridgehead atoms. The lowest BCUT2D eigenvalue weighted by atomic mass is 10.0. The highest BCUT2D eigenvalue weighted by molar-refractivity contribution is 6.30. The predicted octanol–water partition coefficient (Wildman–Crippen LogP) is 3.94. The first kappa shape index (κ1) is 27.1. The van der Waals surface area contributed by atoms with Gasteiger partial charge in [-0.15, -0.1) is 0 Å². The average Bonchev–Trinajstić information content (AvgIpc) is 3.25. The van der Waals surface area contributed by atoms with Crippen molar-refractivity contribution in [3.63, 3.8) is 0 Å². The maximum atomic E-state index is 14.2. The molecule has 1 heterocycles. The van der Waals surface area contributed by atoms with Gasteiger partial charge in [0.2, 0.25) is 5.76 Å². The summed E-state index contributed by atoms with van der Waals surface area (Å²) in [5.41, 5.74) is 2.18. The van der Waals surface area contributed by atoms with E-state index in [1.807, 2.05) is 13.8 Å². The molecule has 1 amide bonds. The van der Waals surface area contributed by atoms with Crippen LogP contribution in [0, 0.1) is 11.7 Å². The molecule has 3 aromatic rings. The van der Waals surface area contributed by atoms with Crippen LogP contribution in [-0.2, 0) is 16.1 Å². The molecule has 1 unspecified atom stereocenters. The highest BCUT2D eigenvalue weighted by Crippen LogP contribution is 2.26. The van der Waals surface area contributed by atoms with E-state index in [4.69, 9.17) is 20.9 Å². The predicted molar refractivity (Wildman–Crippen MR) is 129 cm³/mol. The van der Waals surface area contributed by atoms with Crippen LogP contribution in [-0.4, -0.2) is 51.0 Å². The van der Waals surface area contributed by atoms with Gasteiger partial charge in [0, 0.05) is 17.1 Å². The van der Waals surface area contributed by atoms with Gasteiger partial charge in [-0.25, -0.2) is 14.2 Å². The zero-order chi connectivity index (χ0) is 26.5. The van der Waals surface area contributed by atoms with Crippen molar-refractivity contribution in [2.24, 2.45) is 5.92 Å². The van der Waals surface area contributed by atoms with Crippen molar-refractivity contribution in [1.29, 1.82) is 0 Å². The minimum Gasteiger partial charge on any atom is -0.491 e. The molecule has 0 saturated carbocycles. The summed E-state index contributed by atoms with van der Waals surface area (Å²) in [5.74, 6) is -2.70. The van der Waals surface area contributed by atoms with Gasteiger partial charge in [-0.3, -0.25) is 10.2 Å². The Balaban J connectivity index is 1.80. The molecule has 0 aliphatic heterocycles. The van der Waals surface area contributed by atoms with Crippen molar-refractivity contribution in [2.45, 2.75) is 32.9 Å². The summed E-state index contributed by atoms with van der Waals surface area (Å²) in [6, 6.07) is 12.1. The molecule has 192 valence electrons. The van der Waals surface area contributed by atoms with E-state index in [2.05, 4.69) is 10.6 Å². The third kappa shape index (κ3) is 7.27. The molecule has 0 spiro atoms. The quantitative estimate of drug-likeness (QED) is 0.272. The number of nitrogens with zero attached hydrogens (tertiary/aromatic N) is 2. The number of esters is 1. The van der Waals surface area contributed by atoms with Gasteiger partial charge in [0.1, 0.15) is 5.82 Å². The van der Waals surface area contributed by atoms with Gasteiger partial charge < -0.3 is 19.5 Å². The number of nitrogens with one attached hydrogen (secondary N) is 1. The second-order valence-electron chi connectivity index (χ2n) is 8.93. The van der Waals surface area contributed by atoms with Crippen molar-refractivity contribution in [2.75, 3.05) is 13.2 Å². The Morgan fingerprint density at radius 2 is 1.92 bits per heavy atom. The number of hydrogen-bond acceptors (Lipinski definition) is 8.